The molecule has 0 aliphatic rings. The van der Waals surface area contributed by atoms with E-state index in [2.05, 4.69) is 51.8 Å². The number of ether oxygens (including phenoxy) is 1. The lowest BCUT2D eigenvalue weighted by Crippen LogP contribution is -2.48. The fourth-order valence-electron chi connectivity index (χ4n) is 2.41. The summed E-state index contributed by atoms with van der Waals surface area (Å²) in [7, 11) is 1.78. The molecule has 0 saturated carbocycles. The maximum absolute atomic E-state index is 5.21. The Morgan fingerprint density at radius 1 is 1.11 bits per heavy atom. The molecule has 0 radical (unpaired) electrons. The smallest absolute Gasteiger partial charge is 0.0589 e. The van der Waals surface area contributed by atoms with Crippen LogP contribution in [0.4, 0.5) is 0 Å². The Kier molecular flexibility index (Phi) is 8.88. The van der Waals surface area contributed by atoms with Crippen molar-refractivity contribution in [2.24, 2.45) is 5.41 Å². The van der Waals surface area contributed by atoms with Gasteiger partial charge in [0.15, 0.2) is 0 Å². The highest BCUT2D eigenvalue weighted by Gasteiger charge is 2.27. The quantitative estimate of drug-likeness (QED) is 0.661. The number of likely N-dealkylation sites (N-methyl/N-ethyl adjacent to an activating group) is 1. The molecule has 0 spiro atoms. The molecule has 0 amide bonds. The molecule has 0 bridgehead atoms. The molecular formula is C16H36N2O. The van der Waals surface area contributed by atoms with Crippen LogP contribution in [-0.2, 0) is 4.74 Å². The molecule has 0 aromatic rings. The van der Waals surface area contributed by atoms with Gasteiger partial charge in [0, 0.05) is 32.3 Å². The fraction of sp³-hybridized carbons (Fsp3) is 1.00. The van der Waals surface area contributed by atoms with Crippen molar-refractivity contribution in [3.8, 4) is 0 Å². The predicted molar refractivity (Wildman–Crippen MR) is 84.8 cm³/mol. The summed E-state index contributed by atoms with van der Waals surface area (Å²) in [6.45, 7) is 18.8. The van der Waals surface area contributed by atoms with Crippen LogP contribution >= 0.6 is 0 Å². The van der Waals surface area contributed by atoms with Gasteiger partial charge in [-0.1, -0.05) is 27.2 Å². The zero-order valence-electron chi connectivity index (χ0n) is 14.3. The standard InChI is InChI=1S/C16H36N2O/c1-8-10-16(6,13-17-15(3,4)5)14-18(9-2)11-12-19-7/h17H,8-14H2,1-7H3. The zero-order chi connectivity index (χ0) is 14.9. The van der Waals surface area contributed by atoms with E-state index in [-0.39, 0.29) is 5.54 Å². The van der Waals surface area contributed by atoms with E-state index in [9.17, 15) is 0 Å². The first-order valence-corrected chi connectivity index (χ1v) is 7.72. The van der Waals surface area contributed by atoms with Crippen LogP contribution in [0.3, 0.4) is 0 Å². The Morgan fingerprint density at radius 2 is 1.74 bits per heavy atom. The third-order valence-corrected chi connectivity index (χ3v) is 3.56. The molecule has 19 heavy (non-hydrogen) atoms. The van der Waals surface area contributed by atoms with E-state index in [1.807, 2.05) is 0 Å². The Balaban J connectivity index is 4.48. The largest absolute Gasteiger partial charge is 0.383 e. The summed E-state index contributed by atoms with van der Waals surface area (Å²) in [5, 5.41) is 3.67. The summed E-state index contributed by atoms with van der Waals surface area (Å²) >= 11 is 0. The Morgan fingerprint density at radius 3 is 2.16 bits per heavy atom. The van der Waals surface area contributed by atoms with Crippen LogP contribution in [0.1, 0.15) is 54.4 Å². The second kappa shape index (κ2) is 8.93. The summed E-state index contributed by atoms with van der Waals surface area (Å²) in [4.78, 5) is 2.50. The summed E-state index contributed by atoms with van der Waals surface area (Å²) in [6.07, 6.45) is 2.50. The van der Waals surface area contributed by atoms with Crippen molar-refractivity contribution < 1.29 is 4.74 Å². The molecular weight excluding hydrogens is 236 g/mol. The highest BCUT2D eigenvalue weighted by Crippen LogP contribution is 2.24. The monoisotopic (exact) mass is 272 g/mol. The van der Waals surface area contributed by atoms with Crippen LogP contribution in [0.2, 0.25) is 0 Å². The van der Waals surface area contributed by atoms with Crippen LogP contribution in [0.25, 0.3) is 0 Å². The van der Waals surface area contributed by atoms with Gasteiger partial charge < -0.3 is 15.0 Å². The van der Waals surface area contributed by atoms with Crippen molar-refractivity contribution in [3.63, 3.8) is 0 Å². The van der Waals surface area contributed by atoms with Crippen molar-refractivity contribution >= 4 is 0 Å². The summed E-state index contributed by atoms with van der Waals surface area (Å²) in [6, 6.07) is 0. The molecule has 0 aromatic carbocycles. The number of nitrogens with zero attached hydrogens (tertiary/aromatic N) is 1. The van der Waals surface area contributed by atoms with Gasteiger partial charge in [-0.05, 0) is 39.2 Å². The molecule has 0 aromatic heterocycles. The second-order valence-corrected chi connectivity index (χ2v) is 7.03. The van der Waals surface area contributed by atoms with Crippen molar-refractivity contribution in [1.82, 2.24) is 10.2 Å². The molecule has 1 N–H and O–H groups in total. The third-order valence-electron chi connectivity index (χ3n) is 3.56. The highest BCUT2D eigenvalue weighted by molar-refractivity contribution is 4.84. The van der Waals surface area contributed by atoms with E-state index < -0.39 is 0 Å². The van der Waals surface area contributed by atoms with E-state index >= 15 is 0 Å². The van der Waals surface area contributed by atoms with E-state index in [0.29, 0.717) is 5.41 Å². The fourth-order valence-corrected chi connectivity index (χ4v) is 2.41. The van der Waals surface area contributed by atoms with Gasteiger partial charge in [0.2, 0.25) is 0 Å². The zero-order valence-corrected chi connectivity index (χ0v) is 14.3. The summed E-state index contributed by atoms with van der Waals surface area (Å²) < 4.78 is 5.21. The van der Waals surface area contributed by atoms with Crippen LogP contribution in [0.15, 0.2) is 0 Å². The van der Waals surface area contributed by atoms with Crippen LogP contribution in [0.5, 0.6) is 0 Å². The Labute approximate surface area is 121 Å². The number of nitrogens with one attached hydrogen (secondary N) is 1. The first-order valence-electron chi connectivity index (χ1n) is 7.72. The first-order chi connectivity index (χ1) is 8.76. The van der Waals surface area contributed by atoms with E-state index in [0.717, 1.165) is 32.8 Å². The predicted octanol–water partition coefficient (Wildman–Crippen LogP) is 3.15. The SMILES string of the molecule is CCCC(C)(CNC(C)(C)C)CN(CC)CCOC. The minimum atomic E-state index is 0.193. The lowest BCUT2D eigenvalue weighted by atomic mass is 9.84. The van der Waals surface area contributed by atoms with Crippen LogP contribution in [0, 0.1) is 5.41 Å². The van der Waals surface area contributed by atoms with E-state index in [4.69, 9.17) is 4.74 Å². The van der Waals surface area contributed by atoms with Crippen LogP contribution in [-0.4, -0.2) is 50.3 Å². The average molecular weight is 272 g/mol. The Hall–Kier alpha value is -0.120. The third kappa shape index (κ3) is 9.42. The first kappa shape index (κ1) is 18.9. The van der Waals surface area contributed by atoms with Gasteiger partial charge in [-0.3, -0.25) is 0 Å². The molecule has 3 nitrogen and oxygen atoms in total. The summed E-state index contributed by atoms with van der Waals surface area (Å²) in [5.41, 5.74) is 0.532. The molecule has 3 heteroatoms. The van der Waals surface area contributed by atoms with E-state index in [1.54, 1.807) is 7.11 Å². The van der Waals surface area contributed by atoms with Gasteiger partial charge in [0.05, 0.1) is 6.61 Å². The molecule has 0 rings (SSSR count). The van der Waals surface area contributed by atoms with Crippen molar-refractivity contribution in [3.05, 3.63) is 0 Å². The van der Waals surface area contributed by atoms with Crippen molar-refractivity contribution in [2.45, 2.75) is 59.9 Å². The Bertz CT molecular complexity index is 225. The van der Waals surface area contributed by atoms with Gasteiger partial charge in [0.1, 0.15) is 0 Å². The molecule has 1 unspecified atom stereocenters. The van der Waals surface area contributed by atoms with Gasteiger partial charge >= 0.3 is 0 Å². The lowest BCUT2D eigenvalue weighted by Gasteiger charge is -2.37. The second-order valence-electron chi connectivity index (χ2n) is 7.03. The highest BCUT2D eigenvalue weighted by atomic mass is 16.5. The number of methoxy groups -OCH3 is 1. The maximum atomic E-state index is 5.21. The molecule has 0 fully saturated rings. The normalized spacial score (nSPS) is 15.8. The van der Waals surface area contributed by atoms with Gasteiger partial charge in [-0.2, -0.15) is 0 Å². The van der Waals surface area contributed by atoms with E-state index in [1.165, 1.54) is 12.8 Å². The molecule has 0 saturated heterocycles. The topological polar surface area (TPSA) is 24.5 Å². The van der Waals surface area contributed by atoms with Crippen LogP contribution < -0.4 is 5.32 Å². The van der Waals surface area contributed by atoms with Crippen molar-refractivity contribution in [1.29, 1.82) is 0 Å². The number of hydrogen-bond donors (Lipinski definition) is 1. The van der Waals surface area contributed by atoms with Gasteiger partial charge in [-0.15, -0.1) is 0 Å². The lowest BCUT2D eigenvalue weighted by molar-refractivity contribution is 0.106. The maximum Gasteiger partial charge on any atom is 0.0589 e. The molecule has 0 aliphatic carbocycles. The molecule has 116 valence electrons. The number of rotatable bonds is 10. The molecule has 1 atom stereocenters. The molecule has 0 heterocycles. The minimum Gasteiger partial charge on any atom is -0.383 e. The molecule has 0 aliphatic heterocycles. The van der Waals surface area contributed by atoms with Gasteiger partial charge in [-0.25, -0.2) is 0 Å². The number of hydrogen-bond acceptors (Lipinski definition) is 3. The summed E-state index contributed by atoms with van der Waals surface area (Å²) in [5.74, 6) is 0. The van der Waals surface area contributed by atoms with Crippen molar-refractivity contribution in [2.75, 3.05) is 39.9 Å². The minimum absolute atomic E-state index is 0.193. The van der Waals surface area contributed by atoms with Gasteiger partial charge in [0.25, 0.3) is 0 Å². The average Bonchev–Trinajstić information content (AvgIpc) is 2.32.